The Kier molecular flexibility index (Phi) is 4.67. The molecule has 4 nitrogen and oxygen atoms in total. The quantitative estimate of drug-likeness (QED) is 0.840. The summed E-state index contributed by atoms with van der Waals surface area (Å²) in [4.78, 5) is 2.96. The van der Waals surface area contributed by atoms with Crippen molar-refractivity contribution in [3.8, 4) is 0 Å². The van der Waals surface area contributed by atoms with Crippen molar-refractivity contribution in [1.29, 1.82) is 0 Å². The lowest BCUT2D eigenvalue weighted by Gasteiger charge is -2.23. The van der Waals surface area contributed by atoms with Crippen molar-refractivity contribution in [2.75, 3.05) is 32.7 Å². The summed E-state index contributed by atoms with van der Waals surface area (Å²) in [6, 6.07) is 5.81. The van der Waals surface area contributed by atoms with Gasteiger partial charge in [0.1, 0.15) is 0 Å². The SMILES string of the molecule is O=S(=O)(c1ccc2c(c1)CCCC2)N1CCCN(CC2CC2)CC1. The third-order valence-corrected chi connectivity index (χ3v) is 7.61. The third kappa shape index (κ3) is 3.53. The van der Waals surface area contributed by atoms with Gasteiger partial charge in [-0.05, 0) is 80.7 Å². The van der Waals surface area contributed by atoms with E-state index in [2.05, 4.69) is 4.90 Å². The van der Waals surface area contributed by atoms with Crippen LogP contribution >= 0.6 is 0 Å². The average molecular weight is 349 g/mol. The topological polar surface area (TPSA) is 40.6 Å². The Morgan fingerprint density at radius 1 is 0.917 bits per heavy atom. The van der Waals surface area contributed by atoms with Crippen LogP contribution < -0.4 is 0 Å². The van der Waals surface area contributed by atoms with E-state index in [1.54, 1.807) is 4.31 Å². The molecule has 3 aliphatic rings. The van der Waals surface area contributed by atoms with E-state index < -0.39 is 10.0 Å². The first-order valence-corrected chi connectivity index (χ1v) is 10.9. The molecule has 0 N–H and O–H groups in total. The lowest BCUT2D eigenvalue weighted by Crippen LogP contribution is -2.35. The predicted octanol–water partition coefficient (Wildman–Crippen LogP) is 2.67. The zero-order valence-corrected chi connectivity index (χ0v) is 15.2. The molecule has 0 radical (unpaired) electrons. The molecule has 24 heavy (non-hydrogen) atoms. The maximum Gasteiger partial charge on any atom is 0.243 e. The molecule has 132 valence electrons. The van der Waals surface area contributed by atoms with Gasteiger partial charge in [0.25, 0.3) is 0 Å². The maximum atomic E-state index is 13.1. The molecule has 1 saturated carbocycles. The largest absolute Gasteiger partial charge is 0.302 e. The normalized spacial score (nSPS) is 23.7. The van der Waals surface area contributed by atoms with Crippen molar-refractivity contribution in [3.05, 3.63) is 29.3 Å². The smallest absolute Gasteiger partial charge is 0.243 e. The third-order valence-electron chi connectivity index (χ3n) is 5.72. The number of nitrogens with zero attached hydrogens (tertiary/aromatic N) is 2. The van der Waals surface area contributed by atoms with Gasteiger partial charge < -0.3 is 4.90 Å². The van der Waals surface area contributed by atoms with E-state index >= 15 is 0 Å². The average Bonchev–Trinajstić information content (AvgIpc) is 3.42. The Morgan fingerprint density at radius 3 is 2.50 bits per heavy atom. The molecule has 2 aliphatic carbocycles. The summed E-state index contributed by atoms with van der Waals surface area (Å²) < 4.78 is 27.9. The molecule has 0 amide bonds. The fourth-order valence-electron chi connectivity index (χ4n) is 4.06. The Labute approximate surface area is 145 Å². The van der Waals surface area contributed by atoms with Crippen molar-refractivity contribution in [1.82, 2.24) is 9.21 Å². The summed E-state index contributed by atoms with van der Waals surface area (Å²) in [6.07, 6.45) is 8.17. The number of hydrogen-bond donors (Lipinski definition) is 0. The monoisotopic (exact) mass is 348 g/mol. The molecule has 1 aromatic rings. The van der Waals surface area contributed by atoms with Crippen LogP contribution in [0.25, 0.3) is 0 Å². The predicted molar refractivity (Wildman–Crippen MR) is 95.6 cm³/mol. The fourth-order valence-corrected chi connectivity index (χ4v) is 5.58. The molecule has 1 saturated heterocycles. The minimum Gasteiger partial charge on any atom is -0.302 e. The first kappa shape index (κ1) is 16.6. The molecule has 0 spiro atoms. The number of aryl methyl sites for hydroxylation is 2. The van der Waals surface area contributed by atoms with Gasteiger partial charge >= 0.3 is 0 Å². The van der Waals surface area contributed by atoms with Crippen LogP contribution in [0.3, 0.4) is 0 Å². The number of sulfonamides is 1. The van der Waals surface area contributed by atoms with Crippen molar-refractivity contribution >= 4 is 10.0 Å². The Bertz CT molecular complexity index is 697. The molecular formula is C19H28N2O2S. The number of hydrogen-bond acceptors (Lipinski definition) is 3. The van der Waals surface area contributed by atoms with Gasteiger partial charge in [-0.1, -0.05) is 6.07 Å². The van der Waals surface area contributed by atoms with Crippen molar-refractivity contribution in [3.63, 3.8) is 0 Å². The van der Waals surface area contributed by atoms with Crippen molar-refractivity contribution < 1.29 is 8.42 Å². The van der Waals surface area contributed by atoms with Gasteiger partial charge in [-0.15, -0.1) is 0 Å². The van der Waals surface area contributed by atoms with E-state index in [0.29, 0.717) is 18.0 Å². The molecule has 0 atom stereocenters. The van der Waals surface area contributed by atoms with Gasteiger partial charge in [0.15, 0.2) is 0 Å². The van der Waals surface area contributed by atoms with Crippen molar-refractivity contribution in [2.24, 2.45) is 5.92 Å². The Morgan fingerprint density at radius 2 is 1.71 bits per heavy atom. The van der Waals surface area contributed by atoms with Gasteiger partial charge in [-0.3, -0.25) is 0 Å². The second kappa shape index (κ2) is 6.77. The summed E-state index contributed by atoms with van der Waals surface area (Å²) in [6.45, 7) is 4.35. The van der Waals surface area contributed by atoms with Gasteiger partial charge in [0.05, 0.1) is 4.90 Å². The van der Waals surface area contributed by atoms with Crippen LogP contribution in [0.15, 0.2) is 23.1 Å². The van der Waals surface area contributed by atoms with E-state index in [1.165, 1.54) is 36.8 Å². The zero-order valence-electron chi connectivity index (χ0n) is 14.4. The second-order valence-electron chi connectivity index (χ2n) is 7.64. The van der Waals surface area contributed by atoms with Gasteiger partial charge in [0, 0.05) is 26.2 Å². The summed E-state index contributed by atoms with van der Waals surface area (Å²) in [5.41, 5.74) is 2.58. The van der Waals surface area contributed by atoms with Crippen LogP contribution in [0.4, 0.5) is 0 Å². The van der Waals surface area contributed by atoms with E-state index in [-0.39, 0.29) is 0 Å². The summed E-state index contributed by atoms with van der Waals surface area (Å²) in [5.74, 6) is 0.869. The molecule has 0 unspecified atom stereocenters. The number of fused-ring (bicyclic) bond motifs is 1. The highest BCUT2D eigenvalue weighted by Crippen LogP contribution is 2.30. The Hall–Kier alpha value is -0.910. The maximum absolute atomic E-state index is 13.1. The lowest BCUT2D eigenvalue weighted by molar-refractivity contribution is 0.275. The molecule has 1 aliphatic heterocycles. The van der Waals surface area contributed by atoms with Crippen LogP contribution in [-0.2, 0) is 22.9 Å². The van der Waals surface area contributed by atoms with Gasteiger partial charge in [-0.25, -0.2) is 8.42 Å². The second-order valence-corrected chi connectivity index (χ2v) is 9.58. The van der Waals surface area contributed by atoms with Crippen LogP contribution in [0.2, 0.25) is 0 Å². The van der Waals surface area contributed by atoms with E-state index in [4.69, 9.17) is 0 Å². The molecule has 0 bridgehead atoms. The van der Waals surface area contributed by atoms with Crippen LogP contribution in [0, 0.1) is 5.92 Å². The van der Waals surface area contributed by atoms with Crippen LogP contribution in [-0.4, -0.2) is 50.3 Å². The summed E-state index contributed by atoms with van der Waals surface area (Å²) in [7, 11) is -3.35. The molecule has 1 aromatic carbocycles. The van der Waals surface area contributed by atoms with Crippen molar-refractivity contribution in [2.45, 2.75) is 49.8 Å². The lowest BCUT2D eigenvalue weighted by atomic mass is 9.92. The highest BCUT2D eigenvalue weighted by molar-refractivity contribution is 7.89. The van der Waals surface area contributed by atoms with Crippen LogP contribution in [0.1, 0.15) is 43.2 Å². The number of rotatable bonds is 4. The van der Waals surface area contributed by atoms with Gasteiger partial charge in [0.2, 0.25) is 10.0 Å². The van der Waals surface area contributed by atoms with E-state index in [0.717, 1.165) is 44.8 Å². The first-order valence-electron chi connectivity index (χ1n) is 9.47. The molecular weight excluding hydrogens is 320 g/mol. The highest BCUT2D eigenvalue weighted by atomic mass is 32.2. The molecule has 2 fully saturated rings. The summed E-state index contributed by atoms with van der Waals surface area (Å²) in [5, 5.41) is 0. The van der Waals surface area contributed by atoms with Crippen LogP contribution in [0.5, 0.6) is 0 Å². The van der Waals surface area contributed by atoms with Gasteiger partial charge in [-0.2, -0.15) is 4.31 Å². The van der Waals surface area contributed by atoms with E-state index in [1.807, 2.05) is 18.2 Å². The molecule has 0 aromatic heterocycles. The zero-order chi connectivity index (χ0) is 16.6. The minimum atomic E-state index is -3.35. The Balaban J connectivity index is 1.49. The van der Waals surface area contributed by atoms with E-state index in [9.17, 15) is 8.42 Å². The standard InChI is InChI=1S/C19H28N2O2S/c22-24(23,19-9-8-17-4-1-2-5-18(17)14-19)21-11-3-10-20(12-13-21)15-16-6-7-16/h8-9,14,16H,1-7,10-13,15H2. The molecule has 4 rings (SSSR count). The molecule has 5 heteroatoms. The minimum absolute atomic E-state index is 0.499. The highest BCUT2D eigenvalue weighted by Gasteiger charge is 2.30. The number of benzene rings is 1. The fraction of sp³-hybridized carbons (Fsp3) is 0.684. The summed E-state index contributed by atoms with van der Waals surface area (Å²) >= 11 is 0. The first-order chi connectivity index (χ1) is 11.6. The molecule has 1 heterocycles.